The van der Waals surface area contributed by atoms with Crippen LogP contribution in [0.3, 0.4) is 0 Å². The van der Waals surface area contributed by atoms with Crippen LogP contribution in [0.2, 0.25) is 0 Å². The number of anilines is 1. The van der Waals surface area contributed by atoms with Gasteiger partial charge in [0, 0.05) is 23.8 Å². The van der Waals surface area contributed by atoms with Crippen molar-refractivity contribution < 1.29 is 13.3 Å². The van der Waals surface area contributed by atoms with Crippen LogP contribution in [0.25, 0.3) is 0 Å². The van der Waals surface area contributed by atoms with Crippen LogP contribution in [0.15, 0.2) is 18.2 Å². The Morgan fingerprint density at radius 1 is 1.44 bits per heavy atom. The highest BCUT2D eigenvalue weighted by atomic mass is 32.2. The Morgan fingerprint density at radius 3 is 2.67 bits per heavy atom. The van der Waals surface area contributed by atoms with E-state index in [1.165, 1.54) is 30.2 Å². The van der Waals surface area contributed by atoms with Crippen LogP contribution in [0.5, 0.6) is 0 Å². The molecule has 0 spiro atoms. The van der Waals surface area contributed by atoms with Gasteiger partial charge < -0.3 is 5.73 Å². The van der Waals surface area contributed by atoms with E-state index in [9.17, 15) is 18.5 Å². The van der Waals surface area contributed by atoms with Crippen molar-refractivity contribution in [2.75, 3.05) is 23.5 Å². The molecule has 0 saturated heterocycles. The predicted octanol–water partition coefficient (Wildman–Crippen LogP) is 1.45. The van der Waals surface area contributed by atoms with Crippen molar-refractivity contribution in [2.24, 2.45) is 0 Å². The molecule has 2 N–H and O–H groups in total. The number of nitrogen functional groups attached to an aromatic ring is 1. The van der Waals surface area contributed by atoms with Gasteiger partial charge in [-0.25, -0.2) is 8.42 Å². The third kappa shape index (κ3) is 4.92. The second kappa shape index (κ2) is 6.05. The minimum atomic E-state index is -2.96. The van der Waals surface area contributed by atoms with Crippen LogP contribution >= 0.6 is 11.8 Å². The molecule has 1 rings (SSSR count). The zero-order valence-electron chi connectivity index (χ0n) is 9.83. The van der Waals surface area contributed by atoms with Gasteiger partial charge in [-0.2, -0.15) is 11.8 Å². The second-order valence-electron chi connectivity index (χ2n) is 3.83. The van der Waals surface area contributed by atoms with Crippen molar-refractivity contribution in [2.45, 2.75) is 5.75 Å². The van der Waals surface area contributed by atoms with E-state index in [1.54, 1.807) is 6.07 Å². The zero-order valence-corrected chi connectivity index (χ0v) is 11.5. The van der Waals surface area contributed by atoms with E-state index >= 15 is 0 Å². The maximum Gasteiger partial charge on any atom is 0.292 e. The molecule has 6 nitrogen and oxygen atoms in total. The van der Waals surface area contributed by atoms with E-state index < -0.39 is 14.8 Å². The molecule has 8 heteroatoms. The summed E-state index contributed by atoms with van der Waals surface area (Å²) in [5, 5.41) is 10.7. The van der Waals surface area contributed by atoms with Gasteiger partial charge in [-0.1, -0.05) is 6.07 Å². The first-order valence-corrected chi connectivity index (χ1v) is 8.29. The Morgan fingerprint density at radius 2 is 2.11 bits per heavy atom. The average Bonchev–Trinajstić information content (AvgIpc) is 2.24. The molecule has 0 unspecified atom stereocenters. The summed E-state index contributed by atoms with van der Waals surface area (Å²) in [6.07, 6.45) is 1.18. The number of thioether (sulfide) groups is 1. The van der Waals surface area contributed by atoms with Crippen LogP contribution < -0.4 is 5.73 Å². The highest BCUT2D eigenvalue weighted by Gasteiger charge is 2.11. The highest BCUT2D eigenvalue weighted by molar-refractivity contribution is 7.99. The predicted molar refractivity (Wildman–Crippen MR) is 73.4 cm³/mol. The fraction of sp³-hybridized carbons (Fsp3) is 0.400. The molecular weight excluding hydrogens is 276 g/mol. The van der Waals surface area contributed by atoms with Crippen molar-refractivity contribution in [1.82, 2.24) is 0 Å². The molecule has 0 amide bonds. The number of benzene rings is 1. The van der Waals surface area contributed by atoms with Crippen molar-refractivity contribution in [3.8, 4) is 0 Å². The van der Waals surface area contributed by atoms with Gasteiger partial charge in [-0.05, 0) is 11.6 Å². The number of rotatable bonds is 6. The number of nitrogens with zero attached hydrogens (tertiary/aromatic N) is 1. The molecular formula is C10H14N2O4S2. The summed E-state index contributed by atoms with van der Waals surface area (Å²) in [6, 6.07) is 4.61. The Balaban J connectivity index is 2.58. The summed E-state index contributed by atoms with van der Waals surface area (Å²) in [7, 11) is -2.96. The zero-order chi connectivity index (χ0) is 13.8. The molecule has 100 valence electrons. The maximum atomic E-state index is 10.9. The lowest BCUT2D eigenvalue weighted by atomic mass is 10.2. The Bertz CT molecular complexity index is 543. The van der Waals surface area contributed by atoms with Crippen LogP contribution in [0.1, 0.15) is 5.56 Å². The van der Waals surface area contributed by atoms with Gasteiger partial charge in [0.15, 0.2) is 0 Å². The van der Waals surface area contributed by atoms with E-state index in [2.05, 4.69) is 0 Å². The SMILES string of the molecule is CS(=O)(=O)CCSCc1ccc(N)c([N+](=O)[O-])c1. The van der Waals surface area contributed by atoms with Crippen LogP contribution in [-0.4, -0.2) is 31.1 Å². The summed E-state index contributed by atoms with van der Waals surface area (Å²) >= 11 is 1.42. The van der Waals surface area contributed by atoms with E-state index in [1.807, 2.05) is 0 Å². The van der Waals surface area contributed by atoms with E-state index in [-0.39, 0.29) is 17.1 Å². The molecule has 18 heavy (non-hydrogen) atoms. The minimum absolute atomic E-state index is 0.106. The fourth-order valence-corrected chi connectivity index (χ4v) is 3.48. The first-order chi connectivity index (χ1) is 8.29. The molecule has 0 saturated carbocycles. The Hall–Kier alpha value is -1.28. The molecule has 1 aromatic carbocycles. The average molecular weight is 290 g/mol. The number of hydrogen-bond donors (Lipinski definition) is 1. The quantitative estimate of drug-likeness (QED) is 0.368. The molecule has 0 heterocycles. The second-order valence-corrected chi connectivity index (χ2v) is 7.20. The van der Waals surface area contributed by atoms with Gasteiger partial charge in [-0.3, -0.25) is 10.1 Å². The van der Waals surface area contributed by atoms with Crippen LogP contribution in [0.4, 0.5) is 11.4 Å². The largest absolute Gasteiger partial charge is 0.393 e. The van der Waals surface area contributed by atoms with Gasteiger partial charge in [0.1, 0.15) is 15.5 Å². The lowest BCUT2D eigenvalue weighted by Gasteiger charge is -2.03. The van der Waals surface area contributed by atoms with Gasteiger partial charge in [0.05, 0.1) is 10.7 Å². The molecule has 1 aromatic rings. The van der Waals surface area contributed by atoms with Crippen molar-refractivity contribution in [1.29, 1.82) is 0 Å². The molecule has 0 atom stereocenters. The van der Waals surface area contributed by atoms with Gasteiger partial charge >= 0.3 is 0 Å². The molecule has 0 bridgehead atoms. The lowest BCUT2D eigenvalue weighted by molar-refractivity contribution is -0.383. The normalized spacial score (nSPS) is 11.4. The molecule has 0 aromatic heterocycles. The number of nitro benzene ring substituents is 1. The van der Waals surface area contributed by atoms with Crippen molar-refractivity contribution in [3.05, 3.63) is 33.9 Å². The number of nitro groups is 1. The van der Waals surface area contributed by atoms with E-state index in [4.69, 9.17) is 5.73 Å². The standard InChI is InChI=1S/C10H14N2O4S2/c1-18(15,16)5-4-17-7-8-2-3-9(11)10(6-8)12(13)14/h2-3,6H,4-5,7,11H2,1H3. The lowest BCUT2D eigenvalue weighted by Crippen LogP contribution is -2.05. The first-order valence-electron chi connectivity index (χ1n) is 5.08. The third-order valence-corrected chi connectivity index (χ3v) is 4.39. The summed E-state index contributed by atoms with van der Waals surface area (Å²) in [5.74, 6) is 1.10. The number of sulfone groups is 1. The van der Waals surface area contributed by atoms with E-state index in [0.29, 0.717) is 11.5 Å². The molecule has 0 radical (unpaired) electrons. The maximum absolute atomic E-state index is 10.9. The third-order valence-electron chi connectivity index (χ3n) is 2.16. The Kier molecular flexibility index (Phi) is 4.97. The fourth-order valence-electron chi connectivity index (χ4n) is 1.24. The van der Waals surface area contributed by atoms with Crippen molar-refractivity contribution in [3.63, 3.8) is 0 Å². The van der Waals surface area contributed by atoms with Gasteiger partial charge in [-0.15, -0.1) is 0 Å². The monoisotopic (exact) mass is 290 g/mol. The molecule has 0 aliphatic rings. The molecule has 0 aliphatic heterocycles. The van der Waals surface area contributed by atoms with Crippen molar-refractivity contribution >= 4 is 33.0 Å². The summed E-state index contributed by atoms with van der Waals surface area (Å²) < 4.78 is 21.8. The van der Waals surface area contributed by atoms with E-state index in [0.717, 1.165) is 5.56 Å². The summed E-state index contributed by atoms with van der Waals surface area (Å²) in [5.41, 5.74) is 6.25. The number of hydrogen-bond acceptors (Lipinski definition) is 6. The summed E-state index contributed by atoms with van der Waals surface area (Å²) in [4.78, 5) is 10.1. The van der Waals surface area contributed by atoms with Gasteiger partial charge in [0.2, 0.25) is 0 Å². The number of nitrogens with two attached hydrogens (primary N) is 1. The topological polar surface area (TPSA) is 103 Å². The Labute approximate surface area is 110 Å². The summed E-state index contributed by atoms with van der Waals surface area (Å²) in [6.45, 7) is 0. The smallest absolute Gasteiger partial charge is 0.292 e. The van der Waals surface area contributed by atoms with Gasteiger partial charge in [0.25, 0.3) is 5.69 Å². The minimum Gasteiger partial charge on any atom is -0.393 e. The molecule has 0 aliphatic carbocycles. The highest BCUT2D eigenvalue weighted by Crippen LogP contribution is 2.24. The molecule has 0 fully saturated rings. The van der Waals surface area contributed by atoms with Crippen LogP contribution in [0, 0.1) is 10.1 Å². The first kappa shape index (κ1) is 14.8. The van der Waals surface area contributed by atoms with Crippen LogP contribution in [-0.2, 0) is 15.6 Å².